The monoisotopic (exact) mass is 274 g/mol. The summed E-state index contributed by atoms with van der Waals surface area (Å²) in [6.45, 7) is 1.69. The van der Waals surface area contributed by atoms with Crippen molar-refractivity contribution in [3.05, 3.63) is 47.8 Å². The third-order valence-electron chi connectivity index (χ3n) is 2.83. The standard InChI is InChI=1S/C13H14N4O3/c1-8-10(3-2-4-15-8)12(18)17-11(13(19)20)5-9-6-14-7-16-9/h2-4,6-7,11H,5H2,1H3,(H,14,16)(H,17,18)(H,19,20)/t11-/m0/s1. The number of rotatable bonds is 5. The molecule has 0 fully saturated rings. The molecule has 0 aliphatic heterocycles. The average molecular weight is 274 g/mol. The predicted octanol–water partition coefficient (Wildman–Crippen LogP) is 0.539. The van der Waals surface area contributed by atoms with Gasteiger partial charge in [-0.1, -0.05) is 0 Å². The highest BCUT2D eigenvalue weighted by Crippen LogP contribution is 2.05. The summed E-state index contributed by atoms with van der Waals surface area (Å²) < 4.78 is 0. The van der Waals surface area contributed by atoms with Crippen molar-refractivity contribution >= 4 is 11.9 Å². The first-order chi connectivity index (χ1) is 9.58. The Balaban J connectivity index is 2.10. The predicted molar refractivity (Wildman–Crippen MR) is 70.2 cm³/mol. The normalized spacial score (nSPS) is 11.8. The molecule has 1 amide bonds. The molecule has 0 spiro atoms. The lowest BCUT2D eigenvalue weighted by Crippen LogP contribution is -2.42. The maximum Gasteiger partial charge on any atom is 0.326 e. The Hall–Kier alpha value is -2.70. The number of carboxylic acids is 1. The zero-order valence-electron chi connectivity index (χ0n) is 10.8. The molecule has 7 heteroatoms. The highest BCUT2D eigenvalue weighted by Gasteiger charge is 2.22. The molecule has 3 N–H and O–H groups in total. The largest absolute Gasteiger partial charge is 0.480 e. The van der Waals surface area contributed by atoms with Crippen LogP contribution in [0.25, 0.3) is 0 Å². The molecular weight excluding hydrogens is 260 g/mol. The molecular formula is C13H14N4O3. The van der Waals surface area contributed by atoms with E-state index in [4.69, 9.17) is 0 Å². The lowest BCUT2D eigenvalue weighted by atomic mass is 10.1. The maximum atomic E-state index is 12.1. The first kappa shape index (κ1) is 13.7. The van der Waals surface area contributed by atoms with Crippen molar-refractivity contribution in [2.45, 2.75) is 19.4 Å². The van der Waals surface area contributed by atoms with Gasteiger partial charge in [0.1, 0.15) is 6.04 Å². The summed E-state index contributed by atoms with van der Waals surface area (Å²) in [4.78, 5) is 33.9. The number of nitrogens with zero attached hydrogens (tertiary/aromatic N) is 2. The topological polar surface area (TPSA) is 108 Å². The number of aromatic nitrogens is 3. The van der Waals surface area contributed by atoms with Crippen LogP contribution in [0, 0.1) is 6.92 Å². The molecule has 0 aliphatic rings. The van der Waals surface area contributed by atoms with E-state index in [1.807, 2.05) is 0 Å². The number of carbonyl (C=O) groups excluding carboxylic acids is 1. The first-order valence-corrected chi connectivity index (χ1v) is 6.00. The van der Waals surface area contributed by atoms with E-state index in [0.29, 0.717) is 17.0 Å². The van der Waals surface area contributed by atoms with Crippen LogP contribution < -0.4 is 5.32 Å². The second-order valence-electron chi connectivity index (χ2n) is 4.28. The molecule has 2 aromatic heterocycles. The van der Waals surface area contributed by atoms with E-state index in [9.17, 15) is 14.7 Å². The summed E-state index contributed by atoms with van der Waals surface area (Å²) in [5.41, 5.74) is 1.56. The molecule has 0 saturated carbocycles. The molecule has 0 bridgehead atoms. The molecule has 7 nitrogen and oxygen atoms in total. The van der Waals surface area contributed by atoms with Gasteiger partial charge in [-0.05, 0) is 19.1 Å². The van der Waals surface area contributed by atoms with E-state index in [1.54, 1.807) is 25.3 Å². The van der Waals surface area contributed by atoms with E-state index >= 15 is 0 Å². The molecule has 0 unspecified atom stereocenters. The minimum absolute atomic E-state index is 0.139. The van der Waals surface area contributed by atoms with Crippen molar-refractivity contribution in [2.24, 2.45) is 0 Å². The van der Waals surface area contributed by atoms with E-state index in [-0.39, 0.29) is 6.42 Å². The van der Waals surface area contributed by atoms with Crippen molar-refractivity contribution in [1.29, 1.82) is 0 Å². The molecule has 20 heavy (non-hydrogen) atoms. The number of aryl methyl sites for hydroxylation is 1. The number of imidazole rings is 1. The van der Waals surface area contributed by atoms with Crippen LogP contribution in [0.2, 0.25) is 0 Å². The van der Waals surface area contributed by atoms with Gasteiger partial charge in [-0.25, -0.2) is 9.78 Å². The number of hydrogen-bond acceptors (Lipinski definition) is 4. The Morgan fingerprint density at radius 1 is 1.50 bits per heavy atom. The number of hydrogen-bond donors (Lipinski definition) is 3. The summed E-state index contributed by atoms with van der Waals surface area (Å²) in [7, 11) is 0. The third kappa shape index (κ3) is 3.19. The number of aliphatic carboxylic acids is 1. The van der Waals surface area contributed by atoms with Crippen LogP contribution >= 0.6 is 0 Å². The molecule has 0 aliphatic carbocycles. The average Bonchev–Trinajstić information content (AvgIpc) is 2.91. The highest BCUT2D eigenvalue weighted by atomic mass is 16.4. The molecule has 0 radical (unpaired) electrons. The fourth-order valence-electron chi connectivity index (χ4n) is 1.78. The van der Waals surface area contributed by atoms with Gasteiger partial charge in [-0.15, -0.1) is 0 Å². The second-order valence-corrected chi connectivity index (χ2v) is 4.28. The van der Waals surface area contributed by atoms with Gasteiger partial charge >= 0.3 is 5.97 Å². The molecule has 1 atom stereocenters. The van der Waals surface area contributed by atoms with Gasteiger partial charge < -0.3 is 15.4 Å². The lowest BCUT2D eigenvalue weighted by molar-refractivity contribution is -0.139. The first-order valence-electron chi connectivity index (χ1n) is 6.00. The fraction of sp³-hybridized carbons (Fsp3) is 0.231. The van der Waals surface area contributed by atoms with Gasteiger partial charge in [0.05, 0.1) is 11.9 Å². The second kappa shape index (κ2) is 5.96. The molecule has 0 saturated heterocycles. The van der Waals surface area contributed by atoms with Crippen LogP contribution in [0.5, 0.6) is 0 Å². The molecule has 0 aromatic carbocycles. The number of pyridine rings is 1. The van der Waals surface area contributed by atoms with Gasteiger partial charge in [0.25, 0.3) is 5.91 Å². The van der Waals surface area contributed by atoms with Crippen molar-refractivity contribution in [2.75, 3.05) is 0 Å². The smallest absolute Gasteiger partial charge is 0.326 e. The van der Waals surface area contributed by atoms with E-state index in [0.717, 1.165) is 0 Å². The van der Waals surface area contributed by atoms with Crippen LogP contribution in [0.1, 0.15) is 21.7 Å². The Morgan fingerprint density at radius 3 is 2.90 bits per heavy atom. The maximum absolute atomic E-state index is 12.1. The van der Waals surface area contributed by atoms with E-state index in [1.165, 1.54) is 12.5 Å². The van der Waals surface area contributed by atoms with Crippen molar-refractivity contribution in [3.63, 3.8) is 0 Å². The minimum atomic E-state index is -1.10. The van der Waals surface area contributed by atoms with Gasteiger partial charge in [-0.2, -0.15) is 0 Å². The molecule has 2 heterocycles. The summed E-state index contributed by atoms with van der Waals surface area (Å²) in [6.07, 6.45) is 4.70. The number of carboxylic acid groups (broad SMARTS) is 1. The van der Waals surface area contributed by atoms with Crippen LogP contribution in [-0.4, -0.2) is 38.0 Å². The SMILES string of the molecule is Cc1ncccc1C(=O)N[C@@H](Cc1cnc[nH]1)C(=O)O. The Bertz CT molecular complexity index is 610. The summed E-state index contributed by atoms with van der Waals surface area (Å²) >= 11 is 0. The number of nitrogens with one attached hydrogen (secondary N) is 2. The zero-order chi connectivity index (χ0) is 14.5. The quantitative estimate of drug-likeness (QED) is 0.737. The Morgan fingerprint density at radius 2 is 2.30 bits per heavy atom. The van der Waals surface area contributed by atoms with E-state index in [2.05, 4.69) is 20.3 Å². The van der Waals surface area contributed by atoms with Crippen molar-refractivity contribution in [3.8, 4) is 0 Å². The Kier molecular flexibility index (Phi) is 4.09. The number of amides is 1. The number of aromatic amines is 1. The highest BCUT2D eigenvalue weighted by molar-refractivity contribution is 5.97. The molecule has 104 valence electrons. The van der Waals surface area contributed by atoms with Crippen LogP contribution in [0.4, 0.5) is 0 Å². The van der Waals surface area contributed by atoms with Gasteiger partial charge in [-0.3, -0.25) is 9.78 Å². The minimum Gasteiger partial charge on any atom is -0.480 e. The van der Waals surface area contributed by atoms with Crippen LogP contribution in [0.3, 0.4) is 0 Å². The van der Waals surface area contributed by atoms with Gasteiger partial charge in [0.2, 0.25) is 0 Å². The fourth-order valence-corrected chi connectivity index (χ4v) is 1.78. The van der Waals surface area contributed by atoms with Gasteiger partial charge in [0, 0.05) is 30.2 Å². The molecule has 2 rings (SSSR count). The summed E-state index contributed by atoms with van der Waals surface area (Å²) in [6, 6.07) is 2.21. The summed E-state index contributed by atoms with van der Waals surface area (Å²) in [5.74, 6) is -1.56. The lowest BCUT2D eigenvalue weighted by Gasteiger charge is -2.14. The number of carbonyl (C=O) groups is 2. The van der Waals surface area contributed by atoms with E-state index < -0.39 is 17.9 Å². The zero-order valence-corrected chi connectivity index (χ0v) is 10.8. The summed E-state index contributed by atoms with van der Waals surface area (Å²) in [5, 5.41) is 11.7. The third-order valence-corrected chi connectivity index (χ3v) is 2.83. The van der Waals surface area contributed by atoms with Crippen molar-refractivity contribution in [1.82, 2.24) is 20.3 Å². The van der Waals surface area contributed by atoms with Crippen LogP contribution in [-0.2, 0) is 11.2 Å². The number of H-pyrrole nitrogens is 1. The van der Waals surface area contributed by atoms with Gasteiger partial charge in [0.15, 0.2) is 0 Å². The Labute approximate surface area is 115 Å². The van der Waals surface area contributed by atoms with Crippen LogP contribution in [0.15, 0.2) is 30.9 Å². The molecule has 2 aromatic rings. The van der Waals surface area contributed by atoms with Crippen molar-refractivity contribution < 1.29 is 14.7 Å².